The zero-order valence-electron chi connectivity index (χ0n) is 18.7. The number of nitrogens with zero attached hydrogens (tertiary/aromatic N) is 6. The molecule has 1 aromatic heterocycles. The van der Waals surface area contributed by atoms with Crippen molar-refractivity contribution in [1.82, 2.24) is 30.0 Å². The molecular weight excluding hydrogens is 537 g/mol. The molecule has 2 unspecified atom stereocenters. The Morgan fingerprint density at radius 1 is 1.28 bits per heavy atom. The summed E-state index contributed by atoms with van der Waals surface area (Å²) < 4.78 is 40.4. The molecule has 1 aliphatic rings. The number of tetrazole rings is 1. The van der Waals surface area contributed by atoms with E-state index >= 15 is 0 Å². The van der Waals surface area contributed by atoms with Crippen LogP contribution in [0.4, 0.5) is 5.69 Å². The van der Waals surface area contributed by atoms with E-state index in [1.54, 1.807) is 0 Å². The average molecular weight is 553 g/mol. The van der Waals surface area contributed by atoms with Crippen LogP contribution in [0, 0.1) is 16.0 Å². The van der Waals surface area contributed by atoms with Gasteiger partial charge in [0.05, 0.1) is 17.3 Å². The Bertz CT molecular complexity index is 1240. The van der Waals surface area contributed by atoms with Crippen LogP contribution in [0.15, 0.2) is 29.4 Å². The van der Waals surface area contributed by atoms with Gasteiger partial charge in [0.15, 0.2) is 10.3 Å². The second-order valence-corrected chi connectivity index (χ2v) is 9.06. The second kappa shape index (κ2) is 12.5. The van der Waals surface area contributed by atoms with Crippen molar-refractivity contribution in [2.24, 2.45) is 13.0 Å². The molecule has 1 saturated heterocycles. The van der Waals surface area contributed by atoms with Crippen LogP contribution in [0.3, 0.4) is 0 Å². The molecule has 2 aromatic rings. The number of β-lactam (4-membered cyclic amide) rings is 1. The number of carbonyl (C=O) groups excluding carboxylic acids is 3. The van der Waals surface area contributed by atoms with E-state index in [4.69, 9.17) is 9.57 Å². The summed E-state index contributed by atoms with van der Waals surface area (Å²) in [6.07, 6.45) is 0. The molecule has 0 saturated carbocycles. The Kier molecular flexibility index (Phi) is 10.3. The summed E-state index contributed by atoms with van der Waals surface area (Å²) in [4.78, 5) is 51.6. The molecule has 2 amide bonds. The van der Waals surface area contributed by atoms with Gasteiger partial charge < -0.3 is 9.29 Å². The summed E-state index contributed by atoms with van der Waals surface area (Å²) in [6.45, 7) is -0.980. The average Bonchev–Trinajstić information content (AvgIpc) is 3.19. The van der Waals surface area contributed by atoms with Crippen molar-refractivity contribution in [3.05, 3.63) is 39.9 Å². The Morgan fingerprint density at radius 2 is 1.94 bits per heavy atom. The van der Waals surface area contributed by atoms with E-state index in [0.717, 1.165) is 11.8 Å². The number of amides is 2. The topological polar surface area (TPSA) is 229 Å². The number of nitro groups is 1. The maximum absolute atomic E-state index is 12.4. The molecule has 0 aliphatic carbocycles. The molecule has 1 N–H and O–H groups in total. The minimum absolute atomic E-state index is 0. The fourth-order valence-electron chi connectivity index (χ4n) is 2.90. The van der Waals surface area contributed by atoms with Gasteiger partial charge in [0.1, 0.15) is 18.6 Å². The summed E-state index contributed by atoms with van der Waals surface area (Å²) in [7, 11) is -3.74. The first-order valence-electron chi connectivity index (χ1n) is 9.44. The Balaban J connectivity index is 0.00000456. The number of aromatic nitrogens is 4. The van der Waals surface area contributed by atoms with Gasteiger partial charge in [0.25, 0.3) is 17.5 Å². The van der Waals surface area contributed by atoms with Gasteiger partial charge in [0.2, 0.25) is 5.16 Å². The van der Waals surface area contributed by atoms with Crippen LogP contribution in [0.25, 0.3) is 0 Å². The standard InChI is InChI=1S/C16H17N7O10S2.Na/c1-21-16(17-19-20-21)34-8-12(24)32-7-11-13(15(26)22(11)35(29,30)31)14(25)18-33-6-9-2-4-10(5-3-9)23(27)28;/h2-5,11,13H,6-8H2,1H3,(H,18,25)(H,29,30,31);/q;+1/p-1. The number of nitrogens with one attached hydrogen (secondary N) is 1. The molecule has 0 spiro atoms. The van der Waals surface area contributed by atoms with Gasteiger partial charge >= 0.3 is 35.5 Å². The molecule has 20 heteroatoms. The molecule has 3 rings (SSSR count). The van der Waals surface area contributed by atoms with E-state index in [9.17, 15) is 37.5 Å². The predicted octanol–water partition coefficient (Wildman–Crippen LogP) is -4.71. The van der Waals surface area contributed by atoms with Crippen molar-refractivity contribution in [1.29, 1.82) is 0 Å². The molecule has 2 heterocycles. The van der Waals surface area contributed by atoms with Gasteiger partial charge in [-0.05, 0) is 28.1 Å². The number of esters is 1. The number of benzene rings is 1. The predicted molar refractivity (Wildman–Crippen MR) is 110 cm³/mol. The molecule has 17 nitrogen and oxygen atoms in total. The van der Waals surface area contributed by atoms with E-state index in [0.29, 0.717) is 10.7 Å². The minimum atomic E-state index is -5.28. The number of nitro benzene ring substituents is 1. The van der Waals surface area contributed by atoms with Crippen LogP contribution in [-0.4, -0.2) is 78.6 Å². The Labute approximate surface area is 229 Å². The van der Waals surface area contributed by atoms with Crippen molar-refractivity contribution in [2.75, 3.05) is 12.4 Å². The molecule has 2 atom stereocenters. The number of non-ortho nitro benzene ring substituents is 1. The van der Waals surface area contributed by atoms with E-state index in [1.165, 1.54) is 36.0 Å². The van der Waals surface area contributed by atoms with Gasteiger partial charge in [-0.2, -0.15) is 0 Å². The van der Waals surface area contributed by atoms with Crippen molar-refractivity contribution in [3.63, 3.8) is 0 Å². The van der Waals surface area contributed by atoms with Crippen LogP contribution in [0.5, 0.6) is 0 Å². The number of hydrogen-bond donors (Lipinski definition) is 1. The van der Waals surface area contributed by atoms with Crippen LogP contribution < -0.4 is 35.0 Å². The molecule has 1 aliphatic heterocycles. The van der Waals surface area contributed by atoms with E-state index in [1.807, 2.05) is 5.48 Å². The fraction of sp³-hybridized carbons (Fsp3) is 0.375. The van der Waals surface area contributed by atoms with E-state index < -0.39 is 51.6 Å². The number of rotatable bonds is 11. The summed E-state index contributed by atoms with van der Waals surface area (Å²) in [5.41, 5.74) is 2.25. The largest absolute Gasteiger partial charge is 1.00 e. The first-order chi connectivity index (χ1) is 16.5. The molecule has 1 aromatic carbocycles. The molecule has 36 heavy (non-hydrogen) atoms. The summed E-state index contributed by atoms with van der Waals surface area (Å²) in [6, 6.07) is 3.62. The van der Waals surface area contributed by atoms with Crippen molar-refractivity contribution >= 4 is 45.5 Å². The maximum atomic E-state index is 12.4. The van der Waals surface area contributed by atoms with Gasteiger partial charge in [-0.25, -0.2) is 22.9 Å². The van der Waals surface area contributed by atoms with Gasteiger partial charge in [0, 0.05) is 19.2 Å². The van der Waals surface area contributed by atoms with Gasteiger partial charge in [-0.1, -0.05) is 11.8 Å². The van der Waals surface area contributed by atoms with Gasteiger partial charge in [-0.3, -0.25) is 29.3 Å². The van der Waals surface area contributed by atoms with Crippen molar-refractivity contribution < 1.29 is 71.4 Å². The van der Waals surface area contributed by atoms with E-state index in [2.05, 4.69) is 15.5 Å². The molecule has 188 valence electrons. The van der Waals surface area contributed by atoms with Crippen LogP contribution in [0.2, 0.25) is 0 Å². The Hall–Kier alpha value is -2.68. The number of aryl methyl sites for hydroxylation is 1. The second-order valence-electron chi connectivity index (χ2n) is 6.87. The number of hydroxylamine groups is 1. The number of carbonyl (C=O) groups is 3. The molecule has 0 radical (unpaired) electrons. The number of ether oxygens (including phenoxy) is 1. The monoisotopic (exact) mass is 553 g/mol. The SMILES string of the molecule is Cn1nnnc1SCC(=O)OCC1C(C(=O)NOCc2ccc([N+](=O)[O-])cc2)C(=O)N1S(=O)(=O)[O-].[Na+]. The summed E-state index contributed by atoms with van der Waals surface area (Å²) in [5, 5.41) is 21.6. The zero-order valence-corrected chi connectivity index (χ0v) is 22.3. The van der Waals surface area contributed by atoms with Gasteiger partial charge in [-0.15, -0.1) is 5.10 Å². The first kappa shape index (κ1) is 29.5. The normalized spacial score (nSPS) is 17.1. The summed E-state index contributed by atoms with van der Waals surface area (Å²) in [5.74, 6) is -5.16. The third-order valence-electron chi connectivity index (χ3n) is 4.57. The first-order valence-corrected chi connectivity index (χ1v) is 11.8. The fourth-order valence-corrected chi connectivity index (χ4v) is 4.40. The number of hydrogen-bond acceptors (Lipinski definition) is 14. The third kappa shape index (κ3) is 7.18. The smallest absolute Gasteiger partial charge is 0.731 e. The van der Waals surface area contributed by atoms with Crippen LogP contribution >= 0.6 is 11.8 Å². The zero-order chi connectivity index (χ0) is 25.8. The minimum Gasteiger partial charge on any atom is -0.731 e. The van der Waals surface area contributed by atoms with Crippen molar-refractivity contribution in [2.45, 2.75) is 17.8 Å². The van der Waals surface area contributed by atoms with Crippen LogP contribution in [0.1, 0.15) is 5.56 Å². The van der Waals surface area contributed by atoms with Crippen molar-refractivity contribution in [3.8, 4) is 0 Å². The maximum Gasteiger partial charge on any atom is 1.00 e. The van der Waals surface area contributed by atoms with Crippen LogP contribution in [-0.2, 0) is 47.9 Å². The quantitative estimate of drug-likeness (QED) is 0.0403. The van der Waals surface area contributed by atoms with E-state index in [-0.39, 0.29) is 51.9 Å². The summed E-state index contributed by atoms with van der Waals surface area (Å²) >= 11 is 0.920. The molecule has 0 bridgehead atoms. The third-order valence-corrected chi connectivity index (χ3v) is 6.48. The Morgan fingerprint density at radius 3 is 2.50 bits per heavy atom. The molecule has 1 fully saturated rings. The molecular formula is C16H16N7NaO10S2. The number of thioether (sulfide) groups is 1.